The maximum Gasteiger partial charge on any atom is 0.213 e. The van der Waals surface area contributed by atoms with E-state index in [-0.39, 0.29) is 5.25 Å². The molecular formula is C17H30N2O2S2. The van der Waals surface area contributed by atoms with Crippen molar-refractivity contribution in [1.82, 2.24) is 10.0 Å². The van der Waals surface area contributed by atoms with Crippen LogP contribution in [0.4, 0.5) is 0 Å². The largest absolute Gasteiger partial charge is 0.316 e. The van der Waals surface area contributed by atoms with Crippen LogP contribution in [0.5, 0.6) is 0 Å². The Balaban J connectivity index is 1.87. The van der Waals surface area contributed by atoms with Crippen LogP contribution in [0.15, 0.2) is 30.3 Å². The monoisotopic (exact) mass is 358 g/mol. The van der Waals surface area contributed by atoms with Gasteiger partial charge in [0.2, 0.25) is 10.0 Å². The molecule has 0 aliphatic carbocycles. The third-order valence-corrected chi connectivity index (χ3v) is 6.37. The van der Waals surface area contributed by atoms with E-state index in [2.05, 4.69) is 34.3 Å². The molecule has 1 aromatic rings. The van der Waals surface area contributed by atoms with Crippen LogP contribution in [0.2, 0.25) is 0 Å². The summed E-state index contributed by atoms with van der Waals surface area (Å²) in [4.78, 5) is 0. The number of rotatable bonds is 13. The Kier molecular flexibility index (Phi) is 10.6. The van der Waals surface area contributed by atoms with Gasteiger partial charge in [0, 0.05) is 24.6 Å². The third-order valence-electron chi connectivity index (χ3n) is 3.49. The van der Waals surface area contributed by atoms with Crippen LogP contribution in [-0.2, 0) is 15.8 Å². The maximum absolute atomic E-state index is 11.5. The lowest BCUT2D eigenvalue weighted by atomic mass is 10.2. The van der Waals surface area contributed by atoms with Gasteiger partial charge in [0.25, 0.3) is 0 Å². The van der Waals surface area contributed by atoms with E-state index in [1.54, 1.807) is 13.8 Å². The third kappa shape index (κ3) is 10.0. The number of nitrogens with one attached hydrogen (secondary N) is 2. The van der Waals surface area contributed by atoms with Gasteiger partial charge in [-0.25, -0.2) is 13.1 Å². The van der Waals surface area contributed by atoms with Crippen LogP contribution in [0.25, 0.3) is 0 Å². The second kappa shape index (κ2) is 11.9. The molecule has 2 N–H and O–H groups in total. The molecule has 0 unspecified atom stereocenters. The predicted octanol–water partition coefficient (Wildman–Crippen LogP) is 3.01. The van der Waals surface area contributed by atoms with E-state index in [9.17, 15) is 8.42 Å². The molecule has 0 atom stereocenters. The fourth-order valence-electron chi connectivity index (χ4n) is 1.97. The van der Waals surface area contributed by atoms with Crippen molar-refractivity contribution in [3.05, 3.63) is 35.9 Å². The molecule has 0 aliphatic rings. The Hall–Kier alpha value is -0.560. The number of sulfonamides is 1. The van der Waals surface area contributed by atoms with Crippen molar-refractivity contribution in [2.45, 2.75) is 44.1 Å². The zero-order valence-corrected chi connectivity index (χ0v) is 15.9. The van der Waals surface area contributed by atoms with Gasteiger partial charge >= 0.3 is 0 Å². The number of hydrogen-bond acceptors (Lipinski definition) is 4. The molecule has 0 saturated heterocycles. The molecule has 0 fully saturated rings. The topological polar surface area (TPSA) is 58.2 Å². The first-order valence-corrected chi connectivity index (χ1v) is 11.0. The molecule has 0 bridgehead atoms. The second-order valence-electron chi connectivity index (χ2n) is 5.84. The van der Waals surface area contributed by atoms with Gasteiger partial charge in [-0.05, 0) is 38.8 Å². The summed E-state index contributed by atoms with van der Waals surface area (Å²) >= 11 is 1.94. The molecule has 132 valence electrons. The highest BCUT2D eigenvalue weighted by atomic mass is 32.2. The summed E-state index contributed by atoms with van der Waals surface area (Å²) in [5.74, 6) is 2.18. The SMILES string of the molecule is CC(C)S(=O)(=O)NCCCCCNCCSCc1ccccc1. The summed E-state index contributed by atoms with van der Waals surface area (Å²) in [5.41, 5.74) is 1.38. The van der Waals surface area contributed by atoms with Crippen LogP contribution >= 0.6 is 11.8 Å². The first-order valence-electron chi connectivity index (χ1n) is 8.33. The van der Waals surface area contributed by atoms with Crippen LogP contribution < -0.4 is 10.0 Å². The number of hydrogen-bond donors (Lipinski definition) is 2. The Morgan fingerprint density at radius 2 is 1.70 bits per heavy atom. The molecule has 1 rings (SSSR count). The lowest BCUT2D eigenvalue weighted by Gasteiger charge is -2.09. The standard InChI is InChI=1S/C17H30N2O2S2/c1-16(2)23(20,21)19-12-8-4-7-11-18-13-14-22-15-17-9-5-3-6-10-17/h3,5-6,9-10,16,18-19H,4,7-8,11-15H2,1-2H3. The average Bonchev–Trinajstić information content (AvgIpc) is 2.53. The lowest BCUT2D eigenvalue weighted by Crippen LogP contribution is -2.31. The first-order chi connectivity index (χ1) is 11.0. The maximum atomic E-state index is 11.5. The molecule has 0 amide bonds. The Morgan fingerprint density at radius 1 is 1.00 bits per heavy atom. The molecule has 0 radical (unpaired) electrons. The molecule has 0 heterocycles. The molecular weight excluding hydrogens is 328 g/mol. The van der Waals surface area contributed by atoms with Crippen molar-refractivity contribution < 1.29 is 8.42 Å². The Morgan fingerprint density at radius 3 is 2.39 bits per heavy atom. The summed E-state index contributed by atoms with van der Waals surface area (Å²) in [5, 5.41) is 3.09. The van der Waals surface area contributed by atoms with Crippen molar-refractivity contribution in [2.75, 3.05) is 25.4 Å². The second-order valence-corrected chi connectivity index (χ2v) is 9.26. The smallest absolute Gasteiger partial charge is 0.213 e. The number of benzene rings is 1. The Labute approximate surface area is 145 Å². The number of thioether (sulfide) groups is 1. The van der Waals surface area contributed by atoms with E-state index in [0.29, 0.717) is 6.54 Å². The van der Waals surface area contributed by atoms with E-state index in [1.807, 2.05) is 17.8 Å². The highest BCUT2D eigenvalue weighted by Crippen LogP contribution is 2.10. The minimum atomic E-state index is -3.10. The van der Waals surface area contributed by atoms with Crippen LogP contribution in [-0.4, -0.2) is 39.1 Å². The van der Waals surface area contributed by atoms with Crippen LogP contribution in [0, 0.1) is 0 Å². The Bertz CT molecular complexity index is 505. The molecule has 0 aliphatic heterocycles. The van der Waals surface area contributed by atoms with Crippen molar-refractivity contribution in [2.24, 2.45) is 0 Å². The summed E-state index contributed by atoms with van der Waals surface area (Å²) in [6.07, 6.45) is 3.04. The van der Waals surface area contributed by atoms with Crippen molar-refractivity contribution in [3.8, 4) is 0 Å². The molecule has 0 spiro atoms. The van der Waals surface area contributed by atoms with Gasteiger partial charge in [-0.2, -0.15) is 11.8 Å². The number of unbranched alkanes of at least 4 members (excludes halogenated alkanes) is 2. The zero-order chi connectivity index (χ0) is 17.0. The van der Waals surface area contributed by atoms with Gasteiger partial charge in [-0.1, -0.05) is 36.8 Å². The summed E-state index contributed by atoms with van der Waals surface area (Å²) in [6.45, 7) is 5.97. The van der Waals surface area contributed by atoms with E-state index in [1.165, 1.54) is 5.56 Å². The molecule has 0 saturated carbocycles. The normalized spacial score (nSPS) is 12.0. The van der Waals surface area contributed by atoms with Gasteiger partial charge < -0.3 is 5.32 Å². The van der Waals surface area contributed by atoms with E-state index < -0.39 is 10.0 Å². The molecule has 4 nitrogen and oxygen atoms in total. The van der Waals surface area contributed by atoms with Crippen LogP contribution in [0.3, 0.4) is 0 Å². The van der Waals surface area contributed by atoms with E-state index in [4.69, 9.17) is 0 Å². The van der Waals surface area contributed by atoms with Gasteiger partial charge in [0.05, 0.1) is 5.25 Å². The fraction of sp³-hybridized carbons (Fsp3) is 0.647. The minimum absolute atomic E-state index is 0.349. The first kappa shape index (κ1) is 20.5. The van der Waals surface area contributed by atoms with E-state index >= 15 is 0 Å². The lowest BCUT2D eigenvalue weighted by molar-refractivity contribution is 0.562. The van der Waals surface area contributed by atoms with Crippen molar-refractivity contribution >= 4 is 21.8 Å². The van der Waals surface area contributed by atoms with Gasteiger partial charge in [0.1, 0.15) is 0 Å². The zero-order valence-electron chi connectivity index (χ0n) is 14.3. The van der Waals surface area contributed by atoms with Gasteiger partial charge in [0.15, 0.2) is 0 Å². The summed E-state index contributed by atoms with van der Waals surface area (Å²) in [6, 6.07) is 10.5. The summed E-state index contributed by atoms with van der Waals surface area (Å²) in [7, 11) is -3.10. The van der Waals surface area contributed by atoms with Crippen molar-refractivity contribution in [3.63, 3.8) is 0 Å². The van der Waals surface area contributed by atoms with Gasteiger partial charge in [-0.15, -0.1) is 0 Å². The minimum Gasteiger partial charge on any atom is -0.316 e. The van der Waals surface area contributed by atoms with E-state index in [0.717, 1.165) is 43.9 Å². The molecule has 6 heteroatoms. The summed E-state index contributed by atoms with van der Waals surface area (Å²) < 4.78 is 25.7. The van der Waals surface area contributed by atoms with Crippen LogP contribution in [0.1, 0.15) is 38.7 Å². The highest BCUT2D eigenvalue weighted by molar-refractivity contribution is 7.98. The van der Waals surface area contributed by atoms with Gasteiger partial charge in [-0.3, -0.25) is 0 Å². The molecule has 1 aromatic carbocycles. The quantitative estimate of drug-likeness (QED) is 0.532. The predicted molar refractivity (Wildman–Crippen MR) is 101 cm³/mol. The molecule has 0 aromatic heterocycles. The highest BCUT2D eigenvalue weighted by Gasteiger charge is 2.13. The van der Waals surface area contributed by atoms with Crippen molar-refractivity contribution in [1.29, 1.82) is 0 Å². The average molecular weight is 359 g/mol. The molecule has 23 heavy (non-hydrogen) atoms. The fourth-order valence-corrected chi connectivity index (χ4v) is 3.59.